The van der Waals surface area contributed by atoms with E-state index in [9.17, 15) is 9.59 Å². The Kier molecular flexibility index (Phi) is 3.51. The van der Waals surface area contributed by atoms with Crippen LogP contribution in [0.15, 0.2) is 0 Å². The van der Waals surface area contributed by atoms with Crippen LogP contribution in [0.25, 0.3) is 0 Å². The Morgan fingerprint density at radius 1 is 1.04 bits per heavy atom. The van der Waals surface area contributed by atoms with Gasteiger partial charge in [0.25, 0.3) is 0 Å². The van der Waals surface area contributed by atoms with Crippen LogP contribution in [0.3, 0.4) is 0 Å². The van der Waals surface area contributed by atoms with E-state index >= 15 is 0 Å². The van der Waals surface area contributed by atoms with Crippen molar-refractivity contribution in [1.82, 2.24) is 0 Å². The molecule has 0 aromatic heterocycles. The molecule has 138 valence electrons. The van der Waals surface area contributed by atoms with Gasteiger partial charge in [0, 0.05) is 17.9 Å². The Morgan fingerprint density at radius 3 is 2.72 bits per heavy atom. The Bertz CT molecular complexity index is 597. The zero-order valence-corrected chi connectivity index (χ0v) is 15.0. The van der Waals surface area contributed by atoms with Gasteiger partial charge in [-0.25, -0.2) is 0 Å². The first-order valence-electron chi connectivity index (χ1n) is 9.99. The van der Waals surface area contributed by atoms with E-state index in [-0.39, 0.29) is 40.7 Å². The molecule has 3 saturated heterocycles. The SMILES string of the molecule is C[C@]12C[C@H]([C@H]3CCOC3)OC(=O)[C@@H]1CC[C@@]13COC(=O)[C@H]1CCC[C@H]23. The second kappa shape index (κ2) is 5.45. The molecule has 25 heavy (non-hydrogen) atoms. The number of carbonyl (C=O) groups excluding carboxylic acids is 2. The van der Waals surface area contributed by atoms with E-state index in [2.05, 4.69) is 6.92 Å². The fraction of sp³-hybridized carbons (Fsp3) is 0.900. The van der Waals surface area contributed by atoms with Gasteiger partial charge in [-0.1, -0.05) is 13.3 Å². The maximum Gasteiger partial charge on any atom is 0.309 e. The summed E-state index contributed by atoms with van der Waals surface area (Å²) >= 11 is 0. The molecule has 2 saturated carbocycles. The summed E-state index contributed by atoms with van der Waals surface area (Å²) in [7, 11) is 0. The normalized spacial score (nSPS) is 52.0. The molecule has 0 N–H and O–H groups in total. The Balaban J connectivity index is 1.50. The van der Waals surface area contributed by atoms with E-state index in [1.165, 1.54) is 0 Å². The average molecular weight is 348 g/mol. The van der Waals surface area contributed by atoms with Crippen LogP contribution in [0.5, 0.6) is 0 Å². The molecule has 5 rings (SSSR count). The van der Waals surface area contributed by atoms with Crippen LogP contribution in [0, 0.1) is 34.5 Å². The number of hydrogen-bond acceptors (Lipinski definition) is 5. The number of cyclic esters (lactones) is 2. The van der Waals surface area contributed by atoms with Crippen LogP contribution in [0.4, 0.5) is 0 Å². The number of hydrogen-bond donors (Lipinski definition) is 0. The predicted octanol–water partition coefficient (Wildman–Crippen LogP) is 2.71. The summed E-state index contributed by atoms with van der Waals surface area (Å²) in [5.74, 6) is 0.757. The maximum atomic E-state index is 12.9. The second-order valence-corrected chi connectivity index (χ2v) is 9.28. The van der Waals surface area contributed by atoms with Gasteiger partial charge in [0.2, 0.25) is 0 Å². The molecule has 5 aliphatic rings. The van der Waals surface area contributed by atoms with Gasteiger partial charge in [-0.3, -0.25) is 9.59 Å². The average Bonchev–Trinajstić information content (AvgIpc) is 3.23. The van der Waals surface area contributed by atoms with Gasteiger partial charge < -0.3 is 14.2 Å². The van der Waals surface area contributed by atoms with E-state index in [0.717, 1.165) is 51.6 Å². The van der Waals surface area contributed by atoms with Gasteiger partial charge in [0.1, 0.15) is 6.10 Å². The van der Waals surface area contributed by atoms with Crippen molar-refractivity contribution in [2.45, 2.75) is 58.0 Å². The smallest absolute Gasteiger partial charge is 0.309 e. The third-order valence-electron chi connectivity index (χ3n) is 8.32. The van der Waals surface area contributed by atoms with Crippen molar-refractivity contribution < 1.29 is 23.8 Å². The zero-order chi connectivity index (χ0) is 17.2. The molecule has 0 bridgehead atoms. The highest BCUT2D eigenvalue weighted by Gasteiger charge is 2.67. The van der Waals surface area contributed by atoms with Gasteiger partial charge in [0.15, 0.2) is 0 Å². The molecule has 0 radical (unpaired) electrons. The van der Waals surface area contributed by atoms with Crippen LogP contribution in [0.1, 0.15) is 51.9 Å². The highest BCUT2D eigenvalue weighted by Crippen LogP contribution is 2.66. The number of rotatable bonds is 1. The first-order valence-corrected chi connectivity index (χ1v) is 9.99. The number of ether oxygens (including phenoxy) is 3. The minimum atomic E-state index is -0.0759. The third-order valence-corrected chi connectivity index (χ3v) is 8.32. The number of carbonyl (C=O) groups is 2. The van der Waals surface area contributed by atoms with E-state index < -0.39 is 0 Å². The van der Waals surface area contributed by atoms with E-state index in [0.29, 0.717) is 25.0 Å². The number of esters is 2. The molecular formula is C20H28O5. The van der Waals surface area contributed by atoms with Crippen molar-refractivity contribution in [2.75, 3.05) is 19.8 Å². The van der Waals surface area contributed by atoms with Gasteiger partial charge in [-0.05, 0) is 49.9 Å². The highest BCUT2D eigenvalue weighted by atomic mass is 16.6. The largest absolute Gasteiger partial charge is 0.465 e. The molecule has 3 aliphatic heterocycles. The lowest BCUT2D eigenvalue weighted by molar-refractivity contribution is -0.203. The third kappa shape index (κ3) is 2.11. The molecule has 0 amide bonds. The van der Waals surface area contributed by atoms with Crippen molar-refractivity contribution in [3.63, 3.8) is 0 Å². The highest BCUT2D eigenvalue weighted by molar-refractivity contribution is 5.77. The van der Waals surface area contributed by atoms with Gasteiger partial charge in [0.05, 0.1) is 25.0 Å². The molecule has 0 unspecified atom stereocenters. The van der Waals surface area contributed by atoms with Crippen LogP contribution in [-0.4, -0.2) is 37.9 Å². The standard InChI is InChI=1S/C20H28O5/c1-19-9-15(12-6-8-23-10-12)25-18(22)13(19)5-7-20-11-24-17(21)14(20)3-2-4-16(19)20/h12-16H,2-11H2,1H3/t12-,13-,14+,15+,16+,19-,20+/m0/s1. The first-order chi connectivity index (χ1) is 12.0. The molecule has 0 aromatic rings. The van der Waals surface area contributed by atoms with Gasteiger partial charge in [-0.15, -0.1) is 0 Å². The van der Waals surface area contributed by atoms with E-state index in [1.807, 2.05) is 0 Å². The lowest BCUT2D eigenvalue weighted by Gasteiger charge is -2.60. The maximum absolute atomic E-state index is 12.9. The number of fused-ring (bicyclic) bond motifs is 2. The molecular weight excluding hydrogens is 320 g/mol. The fourth-order valence-corrected chi connectivity index (χ4v) is 7.08. The minimum absolute atomic E-state index is 0.00544. The van der Waals surface area contributed by atoms with Crippen molar-refractivity contribution in [3.05, 3.63) is 0 Å². The molecule has 3 heterocycles. The second-order valence-electron chi connectivity index (χ2n) is 9.28. The molecule has 1 spiro atoms. The van der Waals surface area contributed by atoms with Crippen LogP contribution in [-0.2, 0) is 23.8 Å². The van der Waals surface area contributed by atoms with Crippen LogP contribution in [0.2, 0.25) is 0 Å². The zero-order valence-electron chi connectivity index (χ0n) is 15.0. The minimum Gasteiger partial charge on any atom is -0.465 e. The first kappa shape index (κ1) is 16.1. The van der Waals surface area contributed by atoms with Crippen LogP contribution < -0.4 is 0 Å². The molecule has 5 heteroatoms. The lowest BCUT2D eigenvalue weighted by atomic mass is 9.44. The van der Waals surface area contributed by atoms with Crippen molar-refractivity contribution >= 4 is 11.9 Å². The summed E-state index contributed by atoms with van der Waals surface area (Å²) in [4.78, 5) is 25.2. The van der Waals surface area contributed by atoms with E-state index in [1.54, 1.807) is 0 Å². The Labute approximate surface area is 148 Å². The summed E-state index contributed by atoms with van der Waals surface area (Å²) < 4.78 is 17.0. The molecule has 0 aromatic carbocycles. The molecule has 7 atom stereocenters. The topological polar surface area (TPSA) is 61.8 Å². The predicted molar refractivity (Wildman–Crippen MR) is 88.5 cm³/mol. The Morgan fingerprint density at radius 2 is 1.92 bits per heavy atom. The quantitative estimate of drug-likeness (QED) is 0.682. The lowest BCUT2D eigenvalue weighted by Crippen LogP contribution is -2.60. The fourth-order valence-electron chi connectivity index (χ4n) is 7.08. The van der Waals surface area contributed by atoms with Crippen molar-refractivity contribution in [3.8, 4) is 0 Å². The summed E-state index contributed by atoms with van der Waals surface area (Å²) in [6, 6.07) is 0. The molecule has 5 nitrogen and oxygen atoms in total. The summed E-state index contributed by atoms with van der Waals surface area (Å²) in [5, 5.41) is 0. The van der Waals surface area contributed by atoms with Gasteiger partial charge in [-0.2, -0.15) is 0 Å². The van der Waals surface area contributed by atoms with Crippen molar-refractivity contribution in [1.29, 1.82) is 0 Å². The summed E-state index contributed by atoms with van der Waals surface area (Å²) in [6.45, 7) is 4.35. The van der Waals surface area contributed by atoms with Crippen LogP contribution >= 0.6 is 0 Å². The summed E-state index contributed by atoms with van der Waals surface area (Å²) in [6.07, 6.45) is 6.80. The monoisotopic (exact) mass is 348 g/mol. The van der Waals surface area contributed by atoms with Gasteiger partial charge >= 0.3 is 11.9 Å². The van der Waals surface area contributed by atoms with Crippen molar-refractivity contribution in [2.24, 2.45) is 34.5 Å². The van der Waals surface area contributed by atoms with E-state index in [4.69, 9.17) is 14.2 Å². The summed E-state index contributed by atoms with van der Waals surface area (Å²) in [5.41, 5.74) is -0.109. The molecule has 2 aliphatic carbocycles. The Hall–Kier alpha value is -1.10. The molecule has 5 fully saturated rings.